The van der Waals surface area contributed by atoms with Gasteiger partial charge in [-0.25, -0.2) is 0 Å². The van der Waals surface area contributed by atoms with E-state index in [0.717, 1.165) is 16.7 Å². The number of nitrogens with zero attached hydrogens (tertiary/aromatic N) is 3. The van der Waals surface area contributed by atoms with E-state index in [4.69, 9.17) is 34.8 Å². The van der Waals surface area contributed by atoms with Gasteiger partial charge in [0.25, 0.3) is 5.69 Å². The molecule has 4 aromatic carbocycles. The number of benzene rings is 4. The number of nitro groups is 1. The van der Waals surface area contributed by atoms with E-state index < -0.39 is 15.8 Å². The van der Waals surface area contributed by atoms with Crippen LogP contribution < -0.4 is 0 Å². The number of rotatable bonds is 7. The van der Waals surface area contributed by atoms with Gasteiger partial charge < -0.3 is 5.11 Å². The second kappa shape index (κ2) is 11.0. The van der Waals surface area contributed by atoms with Crippen LogP contribution in [0.5, 0.6) is 5.75 Å². The SMILES string of the molecule is CC(C)(c1ccc(Cl)cc1)c1cc(/N=N/c2cc(Cl)ccc2[N+](=O)[O-])c(O)c(C(C)(C)c2ccc(Cl)cc2)c1. The fraction of sp³-hybridized carbons (Fsp3) is 0.200. The Kier molecular flexibility index (Phi) is 8.03. The normalized spacial score (nSPS) is 12.2. The van der Waals surface area contributed by atoms with Crippen LogP contribution in [0.1, 0.15) is 49.9 Å². The van der Waals surface area contributed by atoms with Gasteiger partial charge in [0.1, 0.15) is 11.4 Å². The molecule has 0 atom stereocenters. The number of aromatic hydroxyl groups is 1. The maximum absolute atomic E-state index is 11.5. The lowest BCUT2D eigenvalue weighted by molar-refractivity contribution is -0.384. The van der Waals surface area contributed by atoms with E-state index >= 15 is 0 Å². The standard InChI is InChI=1S/C30H26Cl3N3O3/c1-29(2,18-5-9-21(31)10-6-18)20-15-24(30(3,4)19-7-11-22(32)12-8-19)28(37)26(16-20)35-34-25-17-23(33)13-14-27(25)36(38)39/h5-17,37H,1-4H3/b35-34+. The Morgan fingerprint density at radius 1 is 0.667 bits per heavy atom. The Hall–Kier alpha value is -3.45. The molecule has 0 fully saturated rings. The summed E-state index contributed by atoms with van der Waals surface area (Å²) in [5.74, 6) is -0.0842. The Morgan fingerprint density at radius 3 is 1.69 bits per heavy atom. The summed E-state index contributed by atoms with van der Waals surface area (Å²) in [7, 11) is 0. The zero-order valence-corrected chi connectivity index (χ0v) is 24.0. The van der Waals surface area contributed by atoms with Crippen LogP contribution in [0.25, 0.3) is 0 Å². The van der Waals surface area contributed by atoms with Crippen LogP contribution in [-0.2, 0) is 10.8 Å². The van der Waals surface area contributed by atoms with E-state index in [0.29, 0.717) is 15.6 Å². The summed E-state index contributed by atoms with van der Waals surface area (Å²) >= 11 is 18.3. The van der Waals surface area contributed by atoms with Gasteiger partial charge in [-0.3, -0.25) is 10.1 Å². The summed E-state index contributed by atoms with van der Waals surface area (Å²) in [6, 6.07) is 22.7. The Balaban J connectivity index is 1.94. The minimum atomic E-state index is -0.660. The molecule has 0 saturated carbocycles. The predicted molar refractivity (Wildman–Crippen MR) is 158 cm³/mol. The molecule has 0 aromatic heterocycles. The van der Waals surface area contributed by atoms with E-state index in [2.05, 4.69) is 24.1 Å². The van der Waals surface area contributed by atoms with Crippen molar-refractivity contribution in [1.29, 1.82) is 0 Å². The highest BCUT2D eigenvalue weighted by Crippen LogP contribution is 2.46. The number of azo groups is 1. The Bertz CT molecular complexity index is 1570. The predicted octanol–water partition coefficient (Wildman–Crippen LogP) is 10.3. The summed E-state index contributed by atoms with van der Waals surface area (Å²) < 4.78 is 0. The number of hydrogen-bond donors (Lipinski definition) is 1. The molecule has 0 amide bonds. The van der Waals surface area contributed by atoms with Crippen molar-refractivity contribution in [2.75, 3.05) is 0 Å². The highest BCUT2D eigenvalue weighted by Gasteiger charge is 2.32. The molecule has 0 saturated heterocycles. The molecule has 0 spiro atoms. The quantitative estimate of drug-likeness (QED) is 0.133. The lowest BCUT2D eigenvalue weighted by atomic mass is 9.72. The lowest BCUT2D eigenvalue weighted by Gasteiger charge is -2.32. The lowest BCUT2D eigenvalue weighted by Crippen LogP contribution is -2.23. The van der Waals surface area contributed by atoms with Crippen molar-refractivity contribution >= 4 is 51.9 Å². The van der Waals surface area contributed by atoms with Gasteiger partial charge in [0, 0.05) is 37.5 Å². The largest absolute Gasteiger partial charge is 0.505 e. The summed E-state index contributed by atoms with van der Waals surface area (Å²) in [6.45, 7) is 8.11. The van der Waals surface area contributed by atoms with Crippen LogP contribution in [0, 0.1) is 10.1 Å². The maximum atomic E-state index is 11.5. The van der Waals surface area contributed by atoms with Crippen LogP contribution in [0.4, 0.5) is 17.1 Å². The van der Waals surface area contributed by atoms with Gasteiger partial charge in [0.15, 0.2) is 5.69 Å². The van der Waals surface area contributed by atoms with Gasteiger partial charge in [0.05, 0.1) is 4.92 Å². The number of nitro benzene ring substituents is 1. The molecule has 4 aromatic rings. The van der Waals surface area contributed by atoms with Gasteiger partial charge in [-0.2, -0.15) is 0 Å². The van der Waals surface area contributed by atoms with E-state index in [1.54, 1.807) is 18.2 Å². The average molecular weight is 583 g/mol. The van der Waals surface area contributed by atoms with Gasteiger partial charge in [-0.05, 0) is 59.2 Å². The second-order valence-electron chi connectivity index (χ2n) is 10.2. The fourth-order valence-electron chi connectivity index (χ4n) is 4.43. The van der Waals surface area contributed by atoms with E-state index in [1.165, 1.54) is 18.2 Å². The average Bonchev–Trinajstić information content (AvgIpc) is 2.88. The molecule has 0 aliphatic carbocycles. The number of phenols is 1. The van der Waals surface area contributed by atoms with Crippen molar-refractivity contribution in [3.63, 3.8) is 0 Å². The molecule has 0 unspecified atom stereocenters. The molecule has 0 heterocycles. The molecule has 0 aliphatic heterocycles. The Labute approximate surface area is 242 Å². The first kappa shape index (κ1) is 28.6. The van der Waals surface area contributed by atoms with E-state index in [-0.39, 0.29) is 27.8 Å². The third-order valence-corrected chi connectivity index (χ3v) is 7.76. The highest BCUT2D eigenvalue weighted by molar-refractivity contribution is 6.31. The molecule has 0 bridgehead atoms. The minimum absolute atomic E-state index is 0.0206. The zero-order valence-electron chi connectivity index (χ0n) is 21.7. The third-order valence-electron chi connectivity index (χ3n) is 7.02. The molecule has 4 rings (SSSR count). The first-order chi connectivity index (χ1) is 18.3. The van der Waals surface area contributed by atoms with Gasteiger partial charge in [-0.15, -0.1) is 10.2 Å². The van der Waals surface area contributed by atoms with Crippen molar-refractivity contribution in [1.82, 2.24) is 0 Å². The van der Waals surface area contributed by atoms with Crippen molar-refractivity contribution in [2.45, 2.75) is 38.5 Å². The molecular weight excluding hydrogens is 557 g/mol. The van der Waals surface area contributed by atoms with Crippen molar-refractivity contribution < 1.29 is 10.0 Å². The van der Waals surface area contributed by atoms with Crippen LogP contribution >= 0.6 is 34.8 Å². The molecular formula is C30H26Cl3N3O3. The number of halogens is 3. The molecule has 9 heteroatoms. The second-order valence-corrected chi connectivity index (χ2v) is 11.6. The monoisotopic (exact) mass is 581 g/mol. The highest BCUT2D eigenvalue weighted by atomic mass is 35.5. The van der Waals surface area contributed by atoms with E-state index in [9.17, 15) is 15.2 Å². The van der Waals surface area contributed by atoms with Crippen molar-refractivity contribution in [2.24, 2.45) is 10.2 Å². The molecule has 0 radical (unpaired) electrons. The maximum Gasteiger partial charge on any atom is 0.296 e. The molecule has 6 nitrogen and oxygen atoms in total. The molecule has 200 valence electrons. The summed E-state index contributed by atoms with van der Waals surface area (Å²) in [4.78, 5) is 11.0. The van der Waals surface area contributed by atoms with Crippen LogP contribution in [-0.4, -0.2) is 10.0 Å². The number of phenolic OH excluding ortho intramolecular Hbond substituents is 1. The summed E-state index contributed by atoms with van der Waals surface area (Å²) in [6.07, 6.45) is 0. The van der Waals surface area contributed by atoms with E-state index in [1.807, 2.05) is 56.3 Å². The van der Waals surface area contributed by atoms with Gasteiger partial charge >= 0.3 is 0 Å². The topological polar surface area (TPSA) is 88.1 Å². The first-order valence-electron chi connectivity index (χ1n) is 12.1. The zero-order chi connectivity index (χ0) is 28.5. The van der Waals surface area contributed by atoms with Gasteiger partial charge in [0.2, 0.25) is 0 Å². The molecule has 0 aliphatic rings. The molecule has 39 heavy (non-hydrogen) atoms. The molecule has 1 N–H and O–H groups in total. The smallest absolute Gasteiger partial charge is 0.296 e. The number of hydrogen-bond acceptors (Lipinski definition) is 5. The summed E-state index contributed by atoms with van der Waals surface area (Å²) in [5.41, 5.74) is 2.12. The van der Waals surface area contributed by atoms with Crippen molar-refractivity contribution in [3.8, 4) is 5.75 Å². The minimum Gasteiger partial charge on any atom is -0.505 e. The Morgan fingerprint density at radius 2 is 1.15 bits per heavy atom. The van der Waals surface area contributed by atoms with Crippen molar-refractivity contribution in [3.05, 3.63) is 126 Å². The van der Waals surface area contributed by atoms with Gasteiger partial charge in [-0.1, -0.05) is 92.8 Å². The first-order valence-corrected chi connectivity index (χ1v) is 13.2. The van der Waals surface area contributed by atoms with Crippen LogP contribution in [0.3, 0.4) is 0 Å². The fourth-order valence-corrected chi connectivity index (χ4v) is 4.85. The third kappa shape index (κ3) is 5.93. The van der Waals surface area contributed by atoms with Crippen LogP contribution in [0.15, 0.2) is 89.1 Å². The summed E-state index contributed by atoms with van der Waals surface area (Å²) in [5, 5.41) is 33.0. The van der Waals surface area contributed by atoms with Crippen LogP contribution in [0.2, 0.25) is 15.1 Å².